The molecule has 0 bridgehead atoms. The molecule has 0 rings (SSSR count). The van der Waals surface area contributed by atoms with Crippen molar-refractivity contribution in [2.45, 2.75) is 181 Å². The summed E-state index contributed by atoms with van der Waals surface area (Å²) < 4.78 is 16.5. The molecule has 0 aliphatic rings. The van der Waals surface area contributed by atoms with Crippen LogP contribution < -0.4 is 0 Å². The molecule has 0 amide bonds. The fourth-order valence-corrected chi connectivity index (χ4v) is 5.41. The number of hydrogen-bond donors (Lipinski definition) is 0. The molecule has 0 aromatic carbocycles. The molecular weight excluding hydrogens is 685 g/mol. The summed E-state index contributed by atoms with van der Waals surface area (Å²) >= 11 is 0. The fourth-order valence-electron chi connectivity index (χ4n) is 5.41. The van der Waals surface area contributed by atoms with Crippen molar-refractivity contribution in [3.05, 3.63) is 97.2 Å². The van der Waals surface area contributed by atoms with Crippen LogP contribution in [0.15, 0.2) is 97.2 Å². The van der Waals surface area contributed by atoms with Crippen molar-refractivity contribution >= 4 is 17.9 Å². The lowest BCUT2D eigenvalue weighted by Gasteiger charge is -2.18. The largest absolute Gasteiger partial charge is 0.462 e. The van der Waals surface area contributed by atoms with Crippen LogP contribution in [0.4, 0.5) is 0 Å². The van der Waals surface area contributed by atoms with Crippen LogP contribution >= 0.6 is 0 Å². The van der Waals surface area contributed by atoms with E-state index in [-0.39, 0.29) is 38.0 Å². The first kappa shape index (κ1) is 51.3. The summed E-state index contributed by atoms with van der Waals surface area (Å²) in [5, 5.41) is 0. The van der Waals surface area contributed by atoms with Gasteiger partial charge in [-0.25, -0.2) is 0 Å². The maximum atomic E-state index is 12.7. The van der Waals surface area contributed by atoms with Crippen LogP contribution in [0, 0.1) is 0 Å². The highest BCUT2D eigenvalue weighted by Gasteiger charge is 2.19. The van der Waals surface area contributed by atoms with E-state index in [9.17, 15) is 14.4 Å². The molecule has 310 valence electrons. The van der Waals surface area contributed by atoms with Crippen LogP contribution in [0.1, 0.15) is 175 Å². The highest BCUT2D eigenvalue weighted by molar-refractivity contribution is 5.71. The number of unbranched alkanes of at least 4 members (excludes halogenated alkanes) is 10. The van der Waals surface area contributed by atoms with Gasteiger partial charge in [0.15, 0.2) is 6.10 Å². The molecule has 55 heavy (non-hydrogen) atoms. The van der Waals surface area contributed by atoms with Crippen LogP contribution in [0.5, 0.6) is 0 Å². The molecule has 0 aromatic rings. The van der Waals surface area contributed by atoms with Crippen molar-refractivity contribution in [1.29, 1.82) is 0 Å². The van der Waals surface area contributed by atoms with Gasteiger partial charge in [-0.05, 0) is 70.6 Å². The normalized spacial score (nSPS) is 13.0. The standard InChI is InChI=1S/C49H78O6/c1-4-7-10-13-16-19-22-24-27-30-33-36-39-42-48(51)54-45-46(44-53-47(50)41-38-35-32-29-26-21-18-15-12-9-6-3)55-49(52)43-40-37-34-31-28-25-23-20-17-14-11-8-5-2/h7-8,10-11,16-17,19-20,24-25,27-28,33-34,36-37,46H,4-6,9,12-15,18,21-23,26,29-32,35,38-45H2,1-3H3/b10-7-,11-8-,19-16-,20-17-,27-24-,28-25-,36-33-,37-34-. The van der Waals surface area contributed by atoms with Gasteiger partial charge in [-0.3, -0.25) is 14.4 Å². The van der Waals surface area contributed by atoms with Crippen molar-refractivity contribution < 1.29 is 28.6 Å². The van der Waals surface area contributed by atoms with Gasteiger partial charge in [0.05, 0.1) is 0 Å². The molecule has 0 saturated carbocycles. The lowest BCUT2D eigenvalue weighted by molar-refractivity contribution is -0.166. The zero-order chi connectivity index (χ0) is 40.1. The van der Waals surface area contributed by atoms with Crippen LogP contribution in [0.2, 0.25) is 0 Å². The minimum absolute atomic E-state index is 0.128. The molecule has 1 unspecified atom stereocenters. The molecule has 0 aliphatic heterocycles. The van der Waals surface area contributed by atoms with E-state index in [4.69, 9.17) is 14.2 Å². The first-order chi connectivity index (χ1) is 27.0. The van der Waals surface area contributed by atoms with Crippen molar-refractivity contribution in [3.63, 3.8) is 0 Å². The van der Waals surface area contributed by atoms with E-state index in [0.29, 0.717) is 19.3 Å². The molecule has 0 aromatic heterocycles. The number of rotatable bonds is 37. The van der Waals surface area contributed by atoms with E-state index >= 15 is 0 Å². The third-order valence-electron chi connectivity index (χ3n) is 8.61. The van der Waals surface area contributed by atoms with Gasteiger partial charge in [0, 0.05) is 19.3 Å². The Morgan fingerprint density at radius 1 is 0.382 bits per heavy atom. The quantitative estimate of drug-likeness (QED) is 0.0271. The lowest BCUT2D eigenvalue weighted by Crippen LogP contribution is -2.30. The second-order valence-corrected chi connectivity index (χ2v) is 13.8. The first-order valence-corrected chi connectivity index (χ1v) is 21.7. The van der Waals surface area contributed by atoms with Crippen molar-refractivity contribution in [2.75, 3.05) is 13.2 Å². The molecular formula is C49H78O6. The van der Waals surface area contributed by atoms with Crippen LogP contribution in [-0.4, -0.2) is 37.2 Å². The number of esters is 3. The number of hydrogen-bond acceptors (Lipinski definition) is 6. The van der Waals surface area contributed by atoms with Gasteiger partial charge in [-0.2, -0.15) is 0 Å². The molecule has 0 fully saturated rings. The predicted octanol–water partition coefficient (Wildman–Crippen LogP) is 13.9. The number of allylic oxidation sites excluding steroid dienone is 16. The van der Waals surface area contributed by atoms with E-state index in [1.54, 1.807) is 0 Å². The zero-order valence-electron chi connectivity index (χ0n) is 35.1. The van der Waals surface area contributed by atoms with Gasteiger partial charge in [-0.1, -0.05) is 182 Å². The predicted molar refractivity (Wildman–Crippen MR) is 233 cm³/mol. The van der Waals surface area contributed by atoms with Gasteiger partial charge < -0.3 is 14.2 Å². The van der Waals surface area contributed by atoms with E-state index in [1.807, 2.05) is 24.3 Å². The zero-order valence-corrected chi connectivity index (χ0v) is 35.1. The van der Waals surface area contributed by atoms with Crippen molar-refractivity contribution in [3.8, 4) is 0 Å². The summed E-state index contributed by atoms with van der Waals surface area (Å²) in [5.41, 5.74) is 0. The summed E-state index contributed by atoms with van der Waals surface area (Å²) in [6.07, 6.45) is 55.6. The molecule has 1 atom stereocenters. The molecule has 6 heteroatoms. The van der Waals surface area contributed by atoms with E-state index in [0.717, 1.165) is 70.6 Å². The molecule has 0 radical (unpaired) electrons. The Kier molecular flexibility index (Phi) is 40.2. The maximum Gasteiger partial charge on any atom is 0.306 e. The minimum atomic E-state index is -0.840. The summed E-state index contributed by atoms with van der Waals surface area (Å²) in [6.45, 7) is 6.23. The molecule has 0 heterocycles. The maximum absolute atomic E-state index is 12.7. The van der Waals surface area contributed by atoms with Gasteiger partial charge in [0.25, 0.3) is 0 Å². The Hall–Kier alpha value is -3.67. The highest BCUT2D eigenvalue weighted by atomic mass is 16.6. The van der Waals surface area contributed by atoms with Crippen LogP contribution in [0.3, 0.4) is 0 Å². The molecule has 0 aliphatic carbocycles. The third-order valence-corrected chi connectivity index (χ3v) is 8.61. The van der Waals surface area contributed by atoms with E-state index in [1.165, 1.54) is 51.4 Å². The topological polar surface area (TPSA) is 78.9 Å². The van der Waals surface area contributed by atoms with E-state index < -0.39 is 12.1 Å². The van der Waals surface area contributed by atoms with Crippen LogP contribution in [0.25, 0.3) is 0 Å². The van der Waals surface area contributed by atoms with Gasteiger partial charge >= 0.3 is 17.9 Å². The summed E-state index contributed by atoms with van der Waals surface area (Å²) in [4.78, 5) is 37.6. The smallest absolute Gasteiger partial charge is 0.306 e. The Morgan fingerprint density at radius 2 is 0.709 bits per heavy atom. The molecule has 0 spiro atoms. The third kappa shape index (κ3) is 41.3. The first-order valence-electron chi connectivity index (χ1n) is 21.7. The number of ether oxygens (including phenoxy) is 3. The Morgan fingerprint density at radius 3 is 1.11 bits per heavy atom. The lowest BCUT2D eigenvalue weighted by atomic mass is 10.1. The van der Waals surface area contributed by atoms with Crippen molar-refractivity contribution in [2.24, 2.45) is 0 Å². The van der Waals surface area contributed by atoms with E-state index in [2.05, 4.69) is 93.7 Å². The molecule has 6 nitrogen and oxygen atoms in total. The molecule has 0 N–H and O–H groups in total. The molecule has 0 saturated heterocycles. The highest BCUT2D eigenvalue weighted by Crippen LogP contribution is 2.13. The summed E-state index contributed by atoms with van der Waals surface area (Å²) in [7, 11) is 0. The monoisotopic (exact) mass is 763 g/mol. The second kappa shape index (κ2) is 43.1. The van der Waals surface area contributed by atoms with Gasteiger partial charge in [0.2, 0.25) is 0 Å². The van der Waals surface area contributed by atoms with Gasteiger partial charge in [-0.15, -0.1) is 0 Å². The summed E-state index contributed by atoms with van der Waals surface area (Å²) in [5.74, 6) is -1.11. The Labute approximate surface area is 337 Å². The summed E-state index contributed by atoms with van der Waals surface area (Å²) in [6, 6.07) is 0. The number of carbonyl (C=O) groups is 3. The minimum Gasteiger partial charge on any atom is -0.462 e. The Bertz CT molecular complexity index is 1150. The van der Waals surface area contributed by atoms with Gasteiger partial charge in [0.1, 0.15) is 13.2 Å². The number of carbonyl (C=O) groups excluding carboxylic acids is 3. The SMILES string of the molecule is CC/C=C\C/C=C\C/C=C\C/C=C\CCC(=O)OCC(COC(=O)CCCCCCCCCCCCC)OC(=O)CC/C=C\C/C=C\C/C=C\C/C=C\CC. The average molecular weight is 763 g/mol. The average Bonchev–Trinajstić information content (AvgIpc) is 3.18. The fraction of sp³-hybridized carbons (Fsp3) is 0.612. The van der Waals surface area contributed by atoms with Crippen LogP contribution in [-0.2, 0) is 28.6 Å². The second-order valence-electron chi connectivity index (χ2n) is 13.8. The van der Waals surface area contributed by atoms with Crippen molar-refractivity contribution in [1.82, 2.24) is 0 Å². The Balaban J connectivity index is 4.61.